The number of benzene rings is 1. The molecule has 1 N–H and O–H groups in total. The molecule has 2 amide bonds. The maximum Gasteiger partial charge on any atom is 0.243 e. The first kappa shape index (κ1) is 15.5. The van der Waals surface area contributed by atoms with E-state index in [2.05, 4.69) is 12.2 Å². The minimum Gasteiger partial charge on any atom is -0.350 e. The van der Waals surface area contributed by atoms with E-state index in [1.807, 2.05) is 30.3 Å². The molecule has 4 nitrogen and oxygen atoms in total. The molecule has 0 aromatic heterocycles. The van der Waals surface area contributed by atoms with E-state index in [0.29, 0.717) is 19.5 Å². The van der Waals surface area contributed by atoms with Crippen LogP contribution in [0, 0.1) is 0 Å². The maximum absolute atomic E-state index is 12.3. The summed E-state index contributed by atoms with van der Waals surface area (Å²) in [4.78, 5) is 26.2. The van der Waals surface area contributed by atoms with Crippen LogP contribution in [0.3, 0.4) is 0 Å². The van der Waals surface area contributed by atoms with Gasteiger partial charge in [0.2, 0.25) is 11.8 Å². The van der Waals surface area contributed by atoms with Crippen molar-refractivity contribution in [1.82, 2.24) is 10.2 Å². The molecule has 2 rings (SSSR count). The van der Waals surface area contributed by atoms with Crippen LogP contribution >= 0.6 is 0 Å². The molecule has 0 unspecified atom stereocenters. The zero-order valence-corrected chi connectivity index (χ0v) is 12.7. The average Bonchev–Trinajstić information content (AvgIpc) is 3.01. The van der Waals surface area contributed by atoms with Crippen LogP contribution < -0.4 is 5.32 Å². The van der Waals surface area contributed by atoms with E-state index in [4.69, 9.17) is 0 Å². The predicted molar refractivity (Wildman–Crippen MR) is 82.5 cm³/mol. The number of rotatable bonds is 6. The molecular formula is C17H24N2O2. The van der Waals surface area contributed by atoms with E-state index >= 15 is 0 Å². The van der Waals surface area contributed by atoms with Gasteiger partial charge in [0, 0.05) is 19.5 Å². The second kappa shape index (κ2) is 7.81. The van der Waals surface area contributed by atoms with E-state index < -0.39 is 0 Å². The fraction of sp³-hybridized carbons (Fsp3) is 0.529. The molecule has 4 heteroatoms. The topological polar surface area (TPSA) is 49.4 Å². The van der Waals surface area contributed by atoms with Crippen molar-refractivity contribution in [2.24, 2.45) is 0 Å². The highest BCUT2D eigenvalue weighted by atomic mass is 16.2. The van der Waals surface area contributed by atoms with E-state index in [0.717, 1.165) is 31.2 Å². The molecule has 1 aromatic rings. The molecule has 1 atom stereocenters. The number of likely N-dealkylation sites (tertiary alicyclic amines) is 1. The number of nitrogens with one attached hydrogen (secondary N) is 1. The second-order valence-corrected chi connectivity index (χ2v) is 5.55. The molecule has 1 aromatic carbocycles. The lowest BCUT2D eigenvalue weighted by Crippen LogP contribution is -2.45. The Balaban J connectivity index is 1.87. The van der Waals surface area contributed by atoms with Gasteiger partial charge in [0.25, 0.3) is 0 Å². The maximum atomic E-state index is 12.3. The number of nitrogens with zero attached hydrogens (tertiary/aromatic N) is 1. The van der Waals surface area contributed by atoms with Gasteiger partial charge in [0.05, 0.1) is 0 Å². The van der Waals surface area contributed by atoms with Crippen LogP contribution in [-0.4, -0.2) is 29.3 Å². The van der Waals surface area contributed by atoms with E-state index in [1.54, 1.807) is 4.90 Å². The minimum atomic E-state index is -0.280. The highest BCUT2D eigenvalue weighted by Gasteiger charge is 2.33. The van der Waals surface area contributed by atoms with Gasteiger partial charge in [-0.25, -0.2) is 0 Å². The highest BCUT2D eigenvalue weighted by Crippen LogP contribution is 2.19. The number of hydrogen-bond acceptors (Lipinski definition) is 2. The molecule has 114 valence electrons. The molecule has 21 heavy (non-hydrogen) atoms. The van der Waals surface area contributed by atoms with Gasteiger partial charge in [-0.2, -0.15) is 0 Å². The number of carbonyl (C=O) groups excluding carboxylic acids is 2. The van der Waals surface area contributed by atoms with Crippen molar-refractivity contribution in [3.63, 3.8) is 0 Å². The van der Waals surface area contributed by atoms with Gasteiger partial charge in [-0.3, -0.25) is 9.59 Å². The zero-order chi connectivity index (χ0) is 15.1. The summed E-state index contributed by atoms with van der Waals surface area (Å²) in [5.41, 5.74) is 1.08. The first-order valence-corrected chi connectivity index (χ1v) is 7.83. The predicted octanol–water partition coefficient (Wildman–Crippen LogP) is 2.48. The summed E-state index contributed by atoms with van der Waals surface area (Å²) in [6.45, 7) is 3.31. The fourth-order valence-electron chi connectivity index (χ4n) is 2.71. The van der Waals surface area contributed by atoms with Crippen molar-refractivity contribution in [3.8, 4) is 0 Å². The molecule has 0 bridgehead atoms. The monoisotopic (exact) mass is 288 g/mol. The van der Waals surface area contributed by atoms with Crippen molar-refractivity contribution >= 4 is 11.8 Å². The standard InChI is InChI=1S/C17H24N2O2/c1-2-3-11-16(20)19-12-7-10-15(19)17(21)18-13-14-8-5-4-6-9-14/h4-6,8-9,15H,2-3,7,10-13H2,1H3,(H,18,21)/t15-/m1/s1. The quantitative estimate of drug-likeness (QED) is 0.874. The van der Waals surface area contributed by atoms with Crippen molar-refractivity contribution in [3.05, 3.63) is 35.9 Å². The first-order chi connectivity index (χ1) is 10.2. The smallest absolute Gasteiger partial charge is 0.243 e. The van der Waals surface area contributed by atoms with Crippen LogP contribution in [0.4, 0.5) is 0 Å². The molecule has 1 fully saturated rings. The van der Waals surface area contributed by atoms with Gasteiger partial charge in [0.15, 0.2) is 0 Å². The van der Waals surface area contributed by atoms with Crippen molar-refractivity contribution in [1.29, 1.82) is 0 Å². The number of carbonyl (C=O) groups is 2. The van der Waals surface area contributed by atoms with Gasteiger partial charge in [-0.05, 0) is 24.8 Å². The Morgan fingerprint density at radius 2 is 2.05 bits per heavy atom. The Labute approximate surface area is 126 Å². The van der Waals surface area contributed by atoms with Crippen LogP contribution in [0.15, 0.2) is 30.3 Å². The summed E-state index contributed by atoms with van der Waals surface area (Å²) in [6, 6.07) is 9.56. The highest BCUT2D eigenvalue weighted by molar-refractivity contribution is 5.88. The van der Waals surface area contributed by atoms with E-state index in [-0.39, 0.29) is 17.9 Å². The Hall–Kier alpha value is -1.84. The van der Waals surface area contributed by atoms with Crippen molar-refractivity contribution < 1.29 is 9.59 Å². The third-order valence-electron chi connectivity index (χ3n) is 3.93. The van der Waals surface area contributed by atoms with Gasteiger partial charge in [-0.1, -0.05) is 43.7 Å². The number of amides is 2. The van der Waals surface area contributed by atoms with Gasteiger partial charge >= 0.3 is 0 Å². The summed E-state index contributed by atoms with van der Waals surface area (Å²) >= 11 is 0. The SMILES string of the molecule is CCCCC(=O)N1CCC[C@@H]1C(=O)NCc1ccccc1. The van der Waals surface area contributed by atoms with Crippen molar-refractivity contribution in [2.45, 2.75) is 51.6 Å². The molecular weight excluding hydrogens is 264 g/mol. The number of hydrogen-bond donors (Lipinski definition) is 1. The Kier molecular flexibility index (Phi) is 5.78. The summed E-state index contributed by atoms with van der Waals surface area (Å²) in [6.07, 6.45) is 4.15. The van der Waals surface area contributed by atoms with Gasteiger partial charge in [0.1, 0.15) is 6.04 Å². The van der Waals surface area contributed by atoms with Crippen LogP contribution in [-0.2, 0) is 16.1 Å². The third-order valence-corrected chi connectivity index (χ3v) is 3.93. The summed E-state index contributed by atoms with van der Waals surface area (Å²) in [7, 11) is 0. The zero-order valence-electron chi connectivity index (χ0n) is 12.7. The largest absolute Gasteiger partial charge is 0.350 e. The fourth-order valence-corrected chi connectivity index (χ4v) is 2.71. The molecule has 1 saturated heterocycles. The van der Waals surface area contributed by atoms with Crippen molar-refractivity contribution in [2.75, 3.05) is 6.54 Å². The Bertz CT molecular complexity index is 473. The molecule has 0 radical (unpaired) electrons. The van der Waals surface area contributed by atoms with Gasteiger partial charge < -0.3 is 10.2 Å². The van der Waals surface area contributed by atoms with Crippen LogP contribution in [0.5, 0.6) is 0 Å². The normalized spacial score (nSPS) is 17.8. The number of unbranched alkanes of at least 4 members (excludes halogenated alkanes) is 1. The Morgan fingerprint density at radius 3 is 2.76 bits per heavy atom. The van der Waals surface area contributed by atoms with Crippen LogP contribution in [0.1, 0.15) is 44.6 Å². The third kappa shape index (κ3) is 4.31. The average molecular weight is 288 g/mol. The molecule has 1 aliphatic heterocycles. The Morgan fingerprint density at radius 1 is 1.29 bits per heavy atom. The summed E-state index contributed by atoms with van der Waals surface area (Å²) in [5.74, 6) is 0.0930. The summed E-state index contributed by atoms with van der Waals surface area (Å²) in [5, 5.41) is 2.95. The van der Waals surface area contributed by atoms with Crippen LogP contribution in [0.25, 0.3) is 0 Å². The van der Waals surface area contributed by atoms with Crippen LogP contribution in [0.2, 0.25) is 0 Å². The molecule has 0 saturated carbocycles. The lowest BCUT2D eigenvalue weighted by Gasteiger charge is -2.24. The lowest BCUT2D eigenvalue weighted by atomic mass is 10.1. The summed E-state index contributed by atoms with van der Waals surface area (Å²) < 4.78 is 0. The molecule has 0 aliphatic carbocycles. The first-order valence-electron chi connectivity index (χ1n) is 7.83. The molecule has 1 aliphatic rings. The molecule has 0 spiro atoms. The van der Waals surface area contributed by atoms with E-state index in [1.165, 1.54) is 0 Å². The molecule has 1 heterocycles. The minimum absolute atomic E-state index is 0.0267. The van der Waals surface area contributed by atoms with Gasteiger partial charge in [-0.15, -0.1) is 0 Å². The lowest BCUT2D eigenvalue weighted by molar-refractivity contribution is -0.138. The van der Waals surface area contributed by atoms with E-state index in [9.17, 15) is 9.59 Å². The second-order valence-electron chi connectivity index (χ2n) is 5.55.